The summed E-state index contributed by atoms with van der Waals surface area (Å²) in [6, 6.07) is 4.22. The van der Waals surface area contributed by atoms with Gasteiger partial charge in [0.15, 0.2) is 0 Å². The lowest BCUT2D eigenvalue weighted by atomic mass is 9.94. The van der Waals surface area contributed by atoms with Crippen LogP contribution in [0, 0.1) is 5.92 Å². The molecule has 0 aliphatic carbocycles. The zero-order valence-electron chi connectivity index (χ0n) is 12.9. The number of carbonyl (C=O) groups excluding carboxylic acids is 2. The minimum absolute atomic E-state index is 0.132. The molecule has 0 aliphatic rings. The Hall–Kier alpha value is -2.09. The Bertz CT molecular complexity index is 559. The lowest BCUT2D eigenvalue weighted by Gasteiger charge is -2.24. The maximum atomic E-state index is 12.8. The standard InChI is InChI=1S/C15H20F3N3O2/c1-9(2)14(21-13(23)8-20-12(22)7-19)10-4-3-5-11(6-10)15(16,17)18/h3-6,9,14H,7-8,19H2,1-2H3,(H,20,22)(H,21,23). The summed E-state index contributed by atoms with van der Waals surface area (Å²) in [4.78, 5) is 22.9. The summed E-state index contributed by atoms with van der Waals surface area (Å²) in [5, 5.41) is 4.94. The van der Waals surface area contributed by atoms with Crippen molar-refractivity contribution in [2.24, 2.45) is 11.7 Å². The number of alkyl halides is 3. The first kappa shape index (κ1) is 19.0. The van der Waals surface area contributed by atoms with Crippen LogP contribution in [0.1, 0.15) is 31.0 Å². The van der Waals surface area contributed by atoms with Gasteiger partial charge in [-0.2, -0.15) is 13.2 Å². The molecule has 1 aromatic carbocycles. The van der Waals surface area contributed by atoms with Gasteiger partial charge in [-0.3, -0.25) is 9.59 Å². The molecule has 23 heavy (non-hydrogen) atoms. The van der Waals surface area contributed by atoms with Crippen LogP contribution in [0.2, 0.25) is 0 Å². The van der Waals surface area contributed by atoms with Gasteiger partial charge in [-0.25, -0.2) is 0 Å². The molecule has 0 saturated carbocycles. The summed E-state index contributed by atoms with van der Waals surface area (Å²) in [5.74, 6) is -1.11. The van der Waals surface area contributed by atoms with Crippen LogP contribution in [0.5, 0.6) is 0 Å². The number of nitrogens with two attached hydrogens (primary N) is 1. The molecule has 0 saturated heterocycles. The Morgan fingerprint density at radius 3 is 2.39 bits per heavy atom. The van der Waals surface area contributed by atoms with Crippen LogP contribution in [-0.2, 0) is 15.8 Å². The van der Waals surface area contributed by atoms with Crippen molar-refractivity contribution in [2.75, 3.05) is 13.1 Å². The molecular formula is C15H20F3N3O2. The molecule has 0 radical (unpaired) electrons. The van der Waals surface area contributed by atoms with Crippen molar-refractivity contribution in [2.45, 2.75) is 26.1 Å². The molecule has 0 fully saturated rings. The van der Waals surface area contributed by atoms with Gasteiger partial charge in [-0.1, -0.05) is 26.0 Å². The molecule has 1 rings (SSSR count). The van der Waals surface area contributed by atoms with Crippen LogP contribution in [-0.4, -0.2) is 24.9 Å². The number of hydrogen-bond donors (Lipinski definition) is 3. The number of halogens is 3. The largest absolute Gasteiger partial charge is 0.416 e. The molecular weight excluding hydrogens is 311 g/mol. The van der Waals surface area contributed by atoms with E-state index in [0.717, 1.165) is 12.1 Å². The predicted octanol–water partition coefficient (Wildman–Crippen LogP) is 1.59. The maximum absolute atomic E-state index is 12.8. The second-order valence-electron chi connectivity index (χ2n) is 5.39. The van der Waals surface area contributed by atoms with Crippen LogP contribution in [0.25, 0.3) is 0 Å². The normalized spacial score (nSPS) is 12.8. The fraction of sp³-hybridized carbons (Fsp3) is 0.467. The van der Waals surface area contributed by atoms with Crippen molar-refractivity contribution in [3.8, 4) is 0 Å². The highest BCUT2D eigenvalue weighted by Crippen LogP contribution is 2.32. The zero-order valence-corrected chi connectivity index (χ0v) is 12.9. The van der Waals surface area contributed by atoms with Crippen LogP contribution in [0.3, 0.4) is 0 Å². The summed E-state index contributed by atoms with van der Waals surface area (Å²) in [7, 11) is 0. The third kappa shape index (κ3) is 5.90. The molecule has 1 aromatic rings. The monoisotopic (exact) mass is 331 g/mol. The first-order valence-corrected chi connectivity index (χ1v) is 7.08. The predicted molar refractivity (Wildman–Crippen MR) is 79.2 cm³/mol. The Morgan fingerprint density at radius 1 is 1.22 bits per heavy atom. The number of amides is 2. The van der Waals surface area contributed by atoms with Gasteiger partial charge in [-0.15, -0.1) is 0 Å². The Labute approximate surface area is 132 Å². The highest BCUT2D eigenvalue weighted by molar-refractivity contribution is 5.85. The smallest absolute Gasteiger partial charge is 0.348 e. The molecule has 5 nitrogen and oxygen atoms in total. The van der Waals surface area contributed by atoms with Gasteiger partial charge >= 0.3 is 6.18 Å². The first-order chi connectivity index (χ1) is 10.6. The molecule has 0 heterocycles. The van der Waals surface area contributed by atoms with Crippen LogP contribution >= 0.6 is 0 Å². The molecule has 0 spiro atoms. The van der Waals surface area contributed by atoms with Gasteiger partial charge < -0.3 is 16.4 Å². The summed E-state index contributed by atoms with van der Waals surface area (Å²) in [6.45, 7) is 3.04. The van der Waals surface area contributed by atoms with E-state index in [9.17, 15) is 22.8 Å². The van der Waals surface area contributed by atoms with Gasteiger partial charge in [-0.05, 0) is 23.6 Å². The number of benzene rings is 1. The molecule has 8 heteroatoms. The van der Waals surface area contributed by atoms with E-state index in [1.165, 1.54) is 12.1 Å². The fourth-order valence-electron chi connectivity index (χ4n) is 2.02. The summed E-state index contributed by atoms with van der Waals surface area (Å²) in [6.07, 6.45) is -4.45. The Morgan fingerprint density at radius 2 is 1.87 bits per heavy atom. The number of hydrogen-bond acceptors (Lipinski definition) is 3. The van der Waals surface area contributed by atoms with Gasteiger partial charge in [0, 0.05) is 0 Å². The van der Waals surface area contributed by atoms with E-state index < -0.39 is 29.6 Å². The first-order valence-electron chi connectivity index (χ1n) is 7.08. The van der Waals surface area contributed by atoms with Crippen LogP contribution in [0.15, 0.2) is 24.3 Å². The average molecular weight is 331 g/mol. The van der Waals surface area contributed by atoms with E-state index in [4.69, 9.17) is 5.73 Å². The number of nitrogens with one attached hydrogen (secondary N) is 2. The third-order valence-corrected chi connectivity index (χ3v) is 3.19. The lowest BCUT2D eigenvalue weighted by Crippen LogP contribution is -2.41. The summed E-state index contributed by atoms with van der Waals surface area (Å²) in [5.41, 5.74) is 4.69. The number of rotatable bonds is 6. The minimum atomic E-state index is -4.45. The van der Waals surface area contributed by atoms with Crippen LogP contribution < -0.4 is 16.4 Å². The topological polar surface area (TPSA) is 84.2 Å². The molecule has 0 aliphatic heterocycles. The highest BCUT2D eigenvalue weighted by Gasteiger charge is 2.31. The van der Waals surface area contributed by atoms with E-state index >= 15 is 0 Å². The van der Waals surface area contributed by atoms with Crippen molar-refractivity contribution in [1.82, 2.24) is 10.6 Å². The van der Waals surface area contributed by atoms with E-state index in [2.05, 4.69) is 10.6 Å². The Kier molecular flexibility index (Phi) is 6.56. The molecule has 1 atom stereocenters. The van der Waals surface area contributed by atoms with E-state index in [0.29, 0.717) is 5.56 Å². The molecule has 1 unspecified atom stereocenters. The van der Waals surface area contributed by atoms with Crippen molar-refractivity contribution in [3.63, 3.8) is 0 Å². The van der Waals surface area contributed by atoms with Crippen LogP contribution in [0.4, 0.5) is 13.2 Å². The molecule has 0 bridgehead atoms. The lowest BCUT2D eigenvalue weighted by molar-refractivity contribution is -0.137. The third-order valence-electron chi connectivity index (χ3n) is 3.19. The van der Waals surface area contributed by atoms with Crippen molar-refractivity contribution < 1.29 is 22.8 Å². The molecule has 2 amide bonds. The van der Waals surface area contributed by atoms with Gasteiger partial charge in [0.1, 0.15) is 0 Å². The fourth-order valence-corrected chi connectivity index (χ4v) is 2.02. The summed E-state index contributed by atoms with van der Waals surface area (Å²) < 4.78 is 38.4. The second-order valence-corrected chi connectivity index (χ2v) is 5.39. The van der Waals surface area contributed by atoms with E-state index in [1.54, 1.807) is 13.8 Å². The summed E-state index contributed by atoms with van der Waals surface area (Å²) >= 11 is 0. The second kappa shape index (κ2) is 7.96. The molecule has 128 valence electrons. The zero-order chi connectivity index (χ0) is 17.6. The maximum Gasteiger partial charge on any atom is 0.416 e. The van der Waals surface area contributed by atoms with Crippen molar-refractivity contribution in [3.05, 3.63) is 35.4 Å². The quantitative estimate of drug-likeness (QED) is 0.740. The SMILES string of the molecule is CC(C)C(NC(=O)CNC(=O)CN)c1cccc(C(F)(F)F)c1. The van der Waals surface area contributed by atoms with Gasteiger partial charge in [0.25, 0.3) is 0 Å². The average Bonchev–Trinajstić information content (AvgIpc) is 2.49. The number of carbonyl (C=O) groups is 2. The van der Waals surface area contributed by atoms with E-state index in [1.807, 2.05) is 0 Å². The van der Waals surface area contributed by atoms with Gasteiger partial charge in [0.2, 0.25) is 11.8 Å². The van der Waals surface area contributed by atoms with Crippen molar-refractivity contribution >= 4 is 11.8 Å². The van der Waals surface area contributed by atoms with E-state index in [-0.39, 0.29) is 19.0 Å². The molecule has 0 aromatic heterocycles. The highest BCUT2D eigenvalue weighted by atomic mass is 19.4. The Balaban J connectivity index is 2.87. The molecule has 4 N–H and O–H groups in total. The van der Waals surface area contributed by atoms with Gasteiger partial charge in [0.05, 0.1) is 24.7 Å². The minimum Gasteiger partial charge on any atom is -0.348 e. The van der Waals surface area contributed by atoms with Crippen molar-refractivity contribution in [1.29, 1.82) is 0 Å².